The zero-order chi connectivity index (χ0) is 12.3. The molecule has 0 unspecified atom stereocenters. The topological polar surface area (TPSA) is 29.3 Å². The van der Waals surface area contributed by atoms with Crippen LogP contribution in [0.1, 0.15) is 11.1 Å². The third kappa shape index (κ3) is 2.48. The second-order valence-electron chi connectivity index (χ2n) is 4.23. The molecule has 0 amide bonds. The van der Waals surface area contributed by atoms with Crippen molar-refractivity contribution in [2.75, 3.05) is 11.9 Å². The first-order valence-electron chi connectivity index (χ1n) is 5.80. The minimum Gasteiger partial charge on any atom is -0.344 e. The number of rotatable bonds is 3. The number of hydrogen-bond acceptors (Lipinski definition) is 2. The summed E-state index contributed by atoms with van der Waals surface area (Å²) < 4.78 is 0. The van der Waals surface area contributed by atoms with Crippen molar-refractivity contribution in [2.24, 2.45) is 5.73 Å². The van der Waals surface area contributed by atoms with Crippen LogP contribution < -0.4 is 10.6 Å². The van der Waals surface area contributed by atoms with E-state index in [-0.39, 0.29) is 0 Å². The Bertz CT molecular complexity index is 506. The van der Waals surface area contributed by atoms with E-state index in [0.29, 0.717) is 6.54 Å². The number of nitrogens with two attached hydrogens (primary N) is 1. The van der Waals surface area contributed by atoms with Gasteiger partial charge in [0, 0.05) is 25.0 Å². The summed E-state index contributed by atoms with van der Waals surface area (Å²) in [5.41, 5.74) is 10.5. The smallest absolute Gasteiger partial charge is 0.0453 e. The fraction of sp³-hybridized carbons (Fsp3) is 0.200. The molecule has 0 saturated heterocycles. The van der Waals surface area contributed by atoms with Crippen molar-refractivity contribution in [1.29, 1.82) is 0 Å². The van der Waals surface area contributed by atoms with Crippen LogP contribution in [0, 0.1) is 6.92 Å². The fourth-order valence-electron chi connectivity index (χ4n) is 1.99. The third-order valence-corrected chi connectivity index (χ3v) is 2.96. The molecule has 0 atom stereocenters. The lowest BCUT2D eigenvalue weighted by Crippen LogP contribution is -2.13. The van der Waals surface area contributed by atoms with E-state index >= 15 is 0 Å². The Kier molecular flexibility index (Phi) is 3.45. The van der Waals surface area contributed by atoms with E-state index in [1.54, 1.807) is 0 Å². The highest BCUT2D eigenvalue weighted by molar-refractivity contribution is 5.66. The van der Waals surface area contributed by atoms with Crippen molar-refractivity contribution in [1.82, 2.24) is 0 Å². The van der Waals surface area contributed by atoms with E-state index in [2.05, 4.69) is 55.3 Å². The molecule has 0 aliphatic heterocycles. The first-order chi connectivity index (χ1) is 8.22. The van der Waals surface area contributed by atoms with Crippen molar-refractivity contribution in [3.63, 3.8) is 0 Å². The van der Waals surface area contributed by atoms with Crippen LogP contribution in [0.15, 0.2) is 48.5 Å². The van der Waals surface area contributed by atoms with E-state index in [1.807, 2.05) is 12.1 Å². The van der Waals surface area contributed by atoms with Crippen molar-refractivity contribution >= 4 is 11.4 Å². The summed E-state index contributed by atoms with van der Waals surface area (Å²) in [6.45, 7) is 2.67. The van der Waals surface area contributed by atoms with Crippen molar-refractivity contribution < 1.29 is 0 Å². The molecule has 2 heteroatoms. The van der Waals surface area contributed by atoms with E-state index in [0.717, 1.165) is 5.56 Å². The van der Waals surface area contributed by atoms with Gasteiger partial charge in [0.05, 0.1) is 0 Å². The van der Waals surface area contributed by atoms with Crippen LogP contribution in [0.25, 0.3) is 0 Å². The summed E-state index contributed by atoms with van der Waals surface area (Å²) in [6, 6.07) is 16.7. The molecule has 0 radical (unpaired) electrons. The minimum absolute atomic E-state index is 0.562. The molecule has 17 heavy (non-hydrogen) atoms. The summed E-state index contributed by atoms with van der Waals surface area (Å²) in [5, 5.41) is 0. The van der Waals surface area contributed by atoms with Gasteiger partial charge >= 0.3 is 0 Å². The summed E-state index contributed by atoms with van der Waals surface area (Å²) in [6.07, 6.45) is 0. The van der Waals surface area contributed by atoms with Crippen LogP contribution in [0.5, 0.6) is 0 Å². The molecule has 2 nitrogen and oxygen atoms in total. The molecule has 0 fully saturated rings. The number of hydrogen-bond donors (Lipinski definition) is 1. The molecule has 2 aromatic rings. The molecule has 0 heterocycles. The molecule has 0 spiro atoms. The number of nitrogens with zero attached hydrogens (tertiary/aromatic N) is 1. The Morgan fingerprint density at radius 2 is 1.82 bits per heavy atom. The van der Waals surface area contributed by atoms with Gasteiger partial charge in [-0.15, -0.1) is 0 Å². The number of aryl methyl sites for hydroxylation is 1. The SMILES string of the molecule is Cc1cccc(N(C)c2ccccc2CN)c1. The predicted molar refractivity (Wildman–Crippen MR) is 73.6 cm³/mol. The van der Waals surface area contributed by atoms with Gasteiger partial charge in [0.15, 0.2) is 0 Å². The summed E-state index contributed by atoms with van der Waals surface area (Å²) in [4.78, 5) is 2.18. The first kappa shape index (κ1) is 11.7. The van der Waals surface area contributed by atoms with Crippen LogP contribution in [0.3, 0.4) is 0 Å². The second kappa shape index (κ2) is 5.02. The molecular formula is C15H18N2. The molecule has 0 saturated carbocycles. The lowest BCUT2D eigenvalue weighted by Gasteiger charge is -2.22. The monoisotopic (exact) mass is 226 g/mol. The van der Waals surface area contributed by atoms with Crippen molar-refractivity contribution in [3.05, 3.63) is 59.7 Å². The molecule has 0 aliphatic rings. The highest BCUT2D eigenvalue weighted by Crippen LogP contribution is 2.27. The van der Waals surface area contributed by atoms with Gasteiger partial charge in [-0.2, -0.15) is 0 Å². The molecule has 0 bridgehead atoms. The van der Waals surface area contributed by atoms with E-state index in [9.17, 15) is 0 Å². The zero-order valence-electron chi connectivity index (χ0n) is 10.4. The highest BCUT2D eigenvalue weighted by atomic mass is 15.1. The predicted octanol–water partition coefficient (Wildman–Crippen LogP) is 3.22. The van der Waals surface area contributed by atoms with Crippen molar-refractivity contribution in [3.8, 4) is 0 Å². The fourth-order valence-corrected chi connectivity index (χ4v) is 1.99. The number of benzene rings is 2. The van der Waals surface area contributed by atoms with E-state index in [4.69, 9.17) is 5.73 Å². The highest BCUT2D eigenvalue weighted by Gasteiger charge is 2.07. The Morgan fingerprint density at radius 3 is 2.53 bits per heavy atom. The van der Waals surface area contributed by atoms with Crippen LogP contribution in [-0.4, -0.2) is 7.05 Å². The molecule has 2 aromatic carbocycles. The Morgan fingerprint density at radius 1 is 1.06 bits per heavy atom. The summed E-state index contributed by atoms with van der Waals surface area (Å²) in [5.74, 6) is 0. The van der Waals surface area contributed by atoms with Crippen LogP contribution >= 0.6 is 0 Å². The number of para-hydroxylation sites is 1. The Hall–Kier alpha value is -1.80. The maximum Gasteiger partial charge on any atom is 0.0453 e. The standard InChI is InChI=1S/C15H18N2/c1-12-6-5-8-14(10-12)17(2)15-9-4-3-7-13(15)11-16/h3-10H,11,16H2,1-2H3. The van der Waals surface area contributed by atoms with Gasteiger partial charge in [0.25, 0.3) is 0 Å². The molecule has 2 rings (SSSR count). The van der Waals surface area contributed by atoms with Gasteiger partial charge in [0.2, 0.25) is 0 Å². The van der Waals surface area contributed by atoms with Gasteiger partial charge in [-0.1, -0.05) is 30.3 Å². The van der Waals surface area contributed by atoms with Gasteiger partial charge in [-0.05, 0) is 36.2 Å². The first-order valence-corrected chi connectivity index (χ1v) is 5.80. The van der Waals surface area contributed by atoms with Gasteiger partial charge < -0.3 is 10.6 Å². The minimum atomic E-state index is 0.562. The average molecular weight is 226 g/mol. The van der Waals surface area contributed by atoms with Gasteiger partial charge in [0.1, 0.15) is 0 Å². The van der Waals surface area contributed by atoms with Crippen LogP contribution in [0.2, 0.25) is 0 Å². The largest absolute Gasteiger partial charge is 0.344 e. The average Bonchev–Trinajstić information content (AvgIpc) is 2.38. The van der Waals surface area contributed by atoms with Crippen molar-refractivity contribution in [2.45, 2.75) is 13.5 Å². The molecule has 2 N–H and O–H groups in total. The third-order valence-electron chi connectivity index (χ3n) is 2.96. The Balaban J connectivity index is 2.40. The van der Waals surface area contributed by atoms with E-state index in [1.165, 1.54) is 16.9 Å². The molecule has 0 aromatic heterocycles. The Labute approximate surface area is 103 Å². The molecular weight excluding hydrogens is 208 g/mol. The van der Waals surface area contributed by atoms with Crippen LogP contribution in [0.4, 0.5) is 11.4 Å². The summed E-state index contributed by atoms with van der Waals surface area (Å²) in [7, 11) is 2.07. The maximum absolute atomic E-state index is 5.77. The second-order valence-corrected chi connectivity index (χ2v) is 4.23. The van der Waals surface area contributed by atoms with E-state index < -0.39 is 0 Å². The normalized spacial score (nSPS) is 10.3. The molecule has 0 aliphatic carbocycles. The summed E-state index contributed by atoms with van der Waals surface area (Å²) >= 11 is 0. The lowest BCUT2D eigenvalue weighted by molar-refractivity contribution is 1.05. The number of anilines is 2. The van der Waals surface area contributed by atoms with Gasteiger partial charge in [-0.25, -0.2) is 0 Å². The maximum atomic E-state index is 5.77. The molecule has 88 valence electrons. The lowest BCUT2D eigenvalue weighted by atomic mass is 10.1. The quantitative estimate of drug-likeness (QED) is 0.870. The van der Waals surface area contributed by atoms with Gasteiger partial charge in [-0.3, -0.25) is 0 Å². The van der Waals surface area contributed by atoms with Crippen LogP contribution in [-0.2, 0) is 6.54 Å². The zero-order valence-corrected chi connectivity index (χ0v) is 10.4.